The summed E-state index contributed by atoms with van der Waals surface area (Å²) in [5.74, 6) is 0.599. The zero-order chi connectivity index (χ0) is 20.6. The molecular weight excluding hydrogens is 372 g/mol. The zero-order valence-corrected chi connectivity index (χ0v) is 17.7. The number of hydrogen-bond donors (Lipinski definition) is 0. The van der Waals surface area contributed by atoms with Gasteiger partial charge in [-0.2, -0.15) is 0 Å². The van der Waals surface area contributed by atoms with Crippen LogP contribution in [0.15, 0.2) is 109 Å². The fourth-order valence-corrected chi connectivity index (χ4v) is 5.74. The lowest BCUT2D eigenvalue weighted by Gasteiger charge is -2.28. The molecule has 0 heterocycles. The van der Waals surface area contributed by atoms with Crippen LogP contribution in [0.1, 0.15) is 58.9 Å². The van der Waals surface area contributed by atoms with Gasteiger partial charge in [-0.05, 0) is 63.8 Å². The monoisotopic (exact) mass is 398 g/mol. The fourth-order valence-electron chi connectivity index (χ4n) is 5.74. The van der Waals surface area contributed by atoms with Crippen LogP contribution < -0.4 is 0 Å². The van der Waals surface area contributed by atoms with E-state index in [0.717, 1.165) is 0 Å². The Morgan fingerprint density at radius 2 is 1.19 bits per heavy atom. The summed E-state index contributed by atoms with van der Waals surface area (Å²) in [5, 5.41) is 0. The third-order valence-corrected chi connectivity index (χ3v) is 7.04. The number of fused-ring (bicyclic) bond motifs is 3. The molecule has 4 aromatic carbocycles. The Bertz CT molecular complexity index is 1210. The molecule has 0 N–H and O–H groups in total. The van der Waals surface area contributed by atoms with E-state index in [0.29, 0.717) is 5.92 Å². The molecule has 0 saturated carbocycles. The summed E-state index contributed by atoms with van der Waals surface area (Å²) in [7, 11) is 0. The minimum absolute atomic E-state index is 0.285. The molecule has 0 spiro atoms. The first-order valence-electron chi connectivity index (χ1n) is 11.4. The van der Waals surface area contributed by atoms with E-state index >= 15 is 0 Å². The molecular formula is C31H26. The molecule has 6 rings (SSSR count). The van der Waals surface area contributed by atoms with Crippen LogP contribution in [0.2, 0.25) is 0 Å². The van der Waals surface area contributed by atoms with Crippen molar-refractivity contribution < 1.29 is 0 Å². The maximum Gasteiger partial charge on any atom is 0.0217 e. The lowest BCUT2D eigenvalue weighted by molar-refractivity contribution is 0.706. The Balaban J connectivity index is 1.64. The van der Waals surface area contributed by atoms with Crippen molar-refractivity contribution in [2.45, 2.75) is 31.1 Å². The molecule has 0 aromatic heterocycles. The Morgan fingerprint density at radius 1 is 0.581 bits per heavy atom. The largest absolute Gasteiger partial charge is 0.0807 e. The van der Waals surface area contributed by atoms with Crippen LogP contribution in [-0.2, 0) is 0 Å². The first-order chi connectivity index (χ1) is 15.4. The van der Waals surface area contributed by atoms with Gasteiger partial charge in [0.2, 0.25) is 0 Å². The molecule has 0 nitrogen and oxygen atoms in total. The Labute approximate surface area is 184 Å². The van der Waals surface area contributed by atoms with Crippen molar-refractivity contribution in [2.24, 2.45) is 0 Å². The van der Waals surface area contributed by atoms with Crippen molar-refractivity contribution >= 4 is 5.57 Å². The molecule has 0 fully saturated rings. The van der Waals surface area contributed by atoms with Crippen LogP contribution >= 0.6 is 0 Å². The molecule has 2 aliphatic carbocycles. The maximum atomic E-state index is 2.47. The maximum absolute atomic E-state index is 2.47. The highest BCUT2D eigenvalue weighted by atomic mass is 14.4. The summed E-state index contributed by atoms with van der Waals surface area (Å²) < 4.78 is 0. The molecule has 4 aromatic rings. The number of benzene rings is 4. The average Bonchev–Trinajstić information content (AvgIpc) is 3.48. The first-order valence-corrected chi connectivity index (χ1v) is 11.4. The summed E-state index contributed by atoms with van der Waals surface area (Å²) in [6.07, 6.45) is 6.14. The summed E-state index contributed by atoms with van der Waals surface area (Å²) in [6, 6.07) is 38.2. The molecule has 0 radical (unpaired) electrons. The molecule has 0 saturated heterocycles. The van der Waals surface area contributed by atoms with Crippen LogP contribution in [0.3, 0.4) is 0 Å². The highest BCUT2D eigenvalue weighted by Gasteiger charge is 2.38. The minimum atomic E-state index is 0.285. The van der Waals surface area contributed by atoms with Crippen LogP contribution in [-0.4, -0.2) is 0 Å². The van der Waals surface area contributed by atoms with Crippen LogP contribution in [0.4, 0.5) is 0 Å². The molecule has 2 aliphatic rings. The van der Waals surface area contributed by atoms with Gasteiger partial charge in [-0.25, -0.2) is 0 Å². The molecule has 0 heteroatoms. The van der Waals surface area contributed by atoms with Crippen LogP contribution in [0.5, 0.6) is 0 Å². The average molecular weight is 399 g/mol. The van der Waals surface area contributed by atoms with Gasteiger partial charge in [0.15, 0.2) is 0 Å². The van der Waals surface area contributed by atoms with Gasteiger partial charge in [-0.3, -0.25) is 0 Å². The van der Waals surface area contributed by atoms with E-state index in [1.54, 1.807) is 0 Å². The number of hydrogen-bond acceptors (Lipinski definition) is 0. The van der Waals surface area contributed by atoms with E-state index in [2.05, 4.69) is 109 Å². The molecule has 150 valence electrons. The first kappa shape index (κ1) is 18.4. The van der Waals surface area contributed by atoms with Gasteiger partial charge in [0.25, 0.3) is 0 Å². The Morgan fingerprint density at radius 3 is 1.87 bits per heavy atom. The lowest BCUT2D eigenvalue weighted by Crippen LogP contribution is -2.14. The van der Waals surface area contributed by atoms with E-state index < -0.39 is 0 Å². The van der Waals surface area contributed by atoms with Gasteiger partial charge in [0, 0.05) is 11.8 Å². The standard InChI is InChI=1S/C31H26/c1-3-14-23(15-4-1)29(24-16-5-2-6-17-24)31-28-19-10-9-18-26(28)27-21-11-20-25(30(27)31)22-12-7-8-13-22/h1-6,9-12,14-21,29,31H,7-8,13H2. The summed E-state index contributed by atoms with van der Waals surface area (Å²) >= 11 is 0. The van der Waals surface area contributed by atoms with Gasteiger partial charge in [0.05, 0.1) is 0 Å². The van der Waals surface area contributed by atoms with E-state index in [1.165, 1.54) is 63.8 Å². The SMILES string of the molecule is C1=C(c2cccc3c2C(C(c2ccccc2)c2ccccc2)c2ccccc2-3)CCC1. The molecule has 0 aliphatic heterocycles. The molecule has 1 unspecified atom stereocenters. The van der Waals surface area contributed by atoms with Crippen molar-refractivity contribution in [1.82, 2.24) is 0 Å². The molecule has 0 amide bonds. The van der Waals surface area contributed by atoms with Crippen molar-refractivity contribution in [3.05, 3.63) is 137 Å². The van der Waals surface area contributed by atoms with Gasteiger partial charge < -0.3 is 0 Å². The van der Waals surface area contributed by atoms with Crippen LogP contribution in [0, 0.1) is 0 Å². The van der Waals surface area contributed by atoms with E-state index in [-0.39, 0.29) is 5.92 Å². The lowest BCUT2D eigenvalue weighted by atomic mass is 9.74. The van der Waals surface area contributed by atoms with Crippen LogP contribution in [0.25, 0.3) is 16.7 Å². The summed E-state index contributed by atoms with van der Waals surface area (Å²) in [6.45, 7) is 0. The third kappa shape index (κ3) is 3.06. The van der Waals surface area contributed by atoms with Crippen molar-refractivity contribution in [1.29, 1.82) is 0 Å². The van der Waals surface area contributed by atoms with Crippen molar-refractivity contribution in [3.8, 4) is 11.1 Å². The van der Waals surface area contributed by atoms with E-state index in [9.17, 15) is 0 Å². The van der Waals surface area contributed by atoms with Gasteiger partial charge in [-0.1, -0.05) is 109 Å². The normalized spacial score (nSPS) is 16.8. The second kappa shape index (κ2) is 7.71. The minimum Gasteiger partial charge on any atom is -0.0807 e. The second-order valence-electron chi connectivity index (χ2n) is 8.75. The Kier molecular flexibility index (Phi) is 4.57. The van der Waals surface area contributed by atoms with Crippen molar-refractivity contribution in [2.75, 3.05) is 0 Å². The highest BCUT2D eigenvalue weighted by Crippen LogP contribution is 2.55. The Hall–Kier alpha value is -3.38. The molecule has 0 bridgehead atoms. The zero-order valence-electron chi connectivity index (χ0n) is 17.7. The van der Waals surface area contributed by atoms with E-state index in [4.69, 9.17) is 0 Å². The topological polar surface area (TPSA) is 0 Å². The van der Waals surface area contributed by atoms with Crippen molar-refractivity contribution in [3.63, 3.8) is 0 Å². The van der Waals surface area contributed by atoms with Gasteiger partial charge >= 0.3 is 0 Å². The van der Waals surface area contributed by atoms with Gasteiger partial charge in [0.1, 0.15) is 0 Å². The highest BCUT2D eigenvalue weighted by molar-refractivity contribution is 5.86. The molecule has 31 heavy (non-hydrogen) atoms. The molecule has 1 atom stereocenters. The predicted octanol–water partition coefficient (Wildman–Crippen LogP) is 8.20. The third-order valence-electron chi connectivity index (χ3n) is 7.04. The van der Waals surface area contributed by atoms with Gasteiger partial charge in [-0.15, -0.1) is 0 Å². The smallest absolute Gasteiger partial charge is 0.0217 e. The number of rotatable bonds is 4. The number of allylic oxidation sites excluding steroid dienone is 2. The quantitative estimate of drug-likeness (QED) is 0.325. The summed E-state index contributed by atoms with van der Waals surface area (Å²) in [4.78, 5) is 0. The van der Waals surface area contributed by atoms with E-state index in [1.807, 2.05) is 0 Å². The second-order valence-corrected chi connectivity index (χ2v) is 8.75. The summed E-state index contributed by atoms with van der Waals surface area (Å²) in [5.41, 5.74) is 11.6. The predicted molar refractivity (Wildman–Crippen MR) is 130 cm³/mol. The fraction of sp³-hybridized carbons (Fsp3) is 0.161.